The van der Waals surface area contributed by atoms with E-state index >= 15 is 0 Å². The van der Waals surface area contributed by atoms with Gasteiger partial charge in [-0.05, 0) is 35.9 Å². The van der Waals surface area contributed by atoms with Crippen molar-refractivity contribution in [3.05, 3.63) is 77.5 Å². The van der Waals surface area contributed by atoms with Gasteiger partial charge in [-0.2, -0.15) is 4.31 Å². The number of pyridine rings is 1. The lowest BCUT2D eigenvalue weighted by Gasteiger charge is -2.28. The van der Waals surface area contributed by atoms with E-state index in [9.17, 15) is 13.2 Å². The second-order valence-electron chi connectivity index (χ2n) is 7.08. The van der Waals surface area contributed by atoms with E-state index in [4.69, 9.17) is 10.5 Å². The van der Waals surface area contributed by atoms with Crippen molar-refractivity contribution >= 4 is 27.4 Å². The van der Waals surface area contributed by atoms with Gasteiger partial charge in [-0.1, -0.05) is 30.3 Å². The Balaban J connectivity index is 1.61. The molecule has 0 spiro atoms. The quantitative estimate of drug-likeness (QED) is 0.633. The van der Waals surface area contributed by atoms with E-state index in [2.05, 4.69) is 10.3 Å². The zero-order chi connectivity index (χ0) is 22.0. The zero-order valence-corrected chi connectivity index (χ0v) is 17.7. The zero-order valence-electron chi connectivity index (χ0n) is 16.9. The van der Waals surface area contributed by atoms with E-state index in [1.54, 1.807) is 60.7 Å². The fourth-order valence-corrected chi connectivity index (χ4v) is 4.97. The summed E-state index contributed by atoms with van der Waals surface area (Å²) < 4.78 is 32.6. The van der Waals surface area contributed by atoms with Gasteiger partial charge in [-0.3, -0.25) is 4.79 Å². The van der Waals surface area contributed by atoms with Crippen LogP contribution in [-0.4, -0.2) is 37.3 Å². The molecule has 0 saturated heterocycles. The van der Waals surface area contributed by atoms with E-state index in [0.717, 1.165) is 0 Å². The molecule has 9 heteroatoms. The molecule has 8 nitrogen and oxygen atoms in total. The predicted octanol–water partition coefficient (Wildman–Crippen LogP) is 2.67. The molecule has 3 N–H and O–H groups in total. The number of nitrogens with two attached hydrogens (primary N) is 1. The Morgan fingerprint density at radius 3 is 2.58 bits per heavy atom. The van der Waals surface area contributed by atoms with Gasteiger partial charge in [-0.15, -0.1) is 0 Å². The second-order valence-corrected chi connectivity index (χ2v) is 9.02. The van der Waals surface area contributed by atoms with Crippen molar-refractivity contribution in [2.75, 3.05) is 24.7 Å². The number of carbonyl (C=O) groups is 1. The molecular formula is C22H22N4O4S. The minimum Gasteiger partial charge on any atom is -0.495 e. The van der Waals surface area contributed by atoms with Gasteiger partial charge in [0.1, 0.15) is 11.6 Å². The normalized spacial score (nSPS) is 14.0. The van der Waals surface area contributed by atoms with Gasteiger partial charge >= 0.3 is 0 Å². The number of fused-ring (bicyclic) bond motifs is 1. The number of para-hydroxylation sites is 2. The number of nitrogens with one attached hydrogen (secondary N) is 1. The molecule has 0 radical (unpaired) electrons. The number of nitrogens with zero attached hydrogens (tertiary/aromatic N) is 2. The number of nitrogen functional groups attached to an aromatic ring is 1. The summed E-state index contributed by atoms with van der Waals surface area (Å²) in [7, 11) is -2.13. The summed E-state index contributed by atoms with van der Waals surface area (Å²) >= 11 is 0. The van der Waals surface area contributed by atoms with Crippen molar-refractivity contribution < 1.29 is 17.9 Å². The van der Waals surface area contributed by atoms with Gasteiger partial charge in [0.25, 0.3) is 5.91 Å². The van der Waals surface area contributed by atoms with Crippen LogP contribution in [-0.2, 0) is 23.0 Å². The number of benzene rings is 2. The van der Waals surface area contributed by atoms with Gasteiger partial charge < -0.3 is 15.8 Å². The molecule has 1 amide bonds. The van der Waals surface area contributed by atoms with E-state index in [1.165, 1.54) is 11.4 Å². The maximum atomic E-state index is 13.0. The highest BCUT2D eigenvalue weighted by atomic mass is 32.2. The maximum absolute atomic E-state index is 13.0. The van der Waals surface area contributed by atoms with Crippen molar-refractivity contribution in [2.24, 2.45) is 0 Å². The molecule has 0 saturated carbocycles. The van der Waals surface area contributed by atoms with Crippen LogP contribution >= 0.6 is 0 Å². The number of aromatic nitrogens is 1. The summed E-state index contributed by atoms with van der Waals surface area (Å²) in [6.07, 6.45) is 0.417. The molecule has 4 rings (SSSR count). The predicted molar refractivity (Wildman–Crippen MR) is 117 cm³/mol. The molecular weight excluding hydrogens is 416 g/mol. The van der Waals surface area contributed by atoms with Crippen molar-refractivity contribution in [2.45, 2.75) is 17.9 Å². The van der Waals surface area contributed by atoms with Gasteiger partial charge in [0.15, 0.2) is 0 Å². The Bertz CT molecular complexity index is 1230. The van der Waals surface area contributed by atoms with Crippen LogP contribution in [0.25, 0.3) is 0 Å². The molecule has 1 aliphatic rings. The number of carbonyl (C=O) groups excluding carboxylic acids is 1. The number of ether oxygens (including phenoxy) is 1. The van der Waals surface area contributed by atoms with Crippen LogP contribution in [0.5, 0.6) is 5.75 Å². The minimum atomic E-state index is -3.65. The van der Waals surface area contributed by atoms with Crippen molar-refractivity contribution in [1.29, 1.82) is 0 Å². The minimum absolute atomic E-state index is 0.102. The highest BCUT2D eigenvalue weighted by molar-refractivity contribution is 7.89. The van der Waals surface area contributed by atoms with Crippen LogP contribution in [0.3, 0.4) is 0 Å². The first kappa shape index (κ1) is 20.8. The Morgan fingerprint density at radius 2 is 1.84 bits per heavy atom. The molecule has 2 heterocycles. The summed E-state index contributed by atoms with van der Waals surface area (Å²) in [5.41, 5.74) is 8.09. The fourth-order valence-electron chi connectivity index (χ4n) is 3.53. The molecule has 31 heavy (non-hydrogen) atoms. The summed E-state index contributed by atoms with van der Waals surface area (Å²) in [5, 5.41) is 2.78. The van der Waals surface area contributed by atoms with Gasteiger partial charge in [-0.25, -0.2) is 13.4 Å². The number of sulfonamides is 1. The molecule has 0 atom stereocenters. The first-order chi connectivity index (χ1) is 14.9. The Labute approximate surface area is 180 Å². The molecule has 0 fully saturated rings. The van der Waals surface area contributed by atoms with Crippen LogP contribution in [0.2, 0.25) is 0 Å². The molecule has 1 aromatic heterocycles. The summed E-state index contributed by atoms with van der Waals surface area (Å²) in [5.74, 6) is 0.173. The Morgan fingerprint density at radius 1 is 1.13 bits per heavy atom. The number of anilines is 2. The highest BCUT2D eigenvalue weighted by Crippen LogP contribution is 2.28. The lowest BCUT2D eigenvalue weighted by molar-refractivity contribution is 0.102. The third kappa shape index (κ3) is 4.10. The Kier molecular flexibility index (Phi) is 5.62. The smallest absolute Gasteiger partial charge is 0.259 e. The lowest BCUT2D eigenvalue weighted by Crippen LogP contribution is -2.36. The molecule has 2 aromatic carbocycles. The first-order valence-corrected chi connectivity index (χ1v) is 11.1. The van der Waals surface area contributed by atoms with E-state index in [1.807, 2.05) is 0 Å². The number of rotatable bonds is 5. The van der Waals surface area contributed by atoms with Crippen LogP contribution in [0.15, 0.2) is 65.6 Å². The summed E-state index contributed by atoms with van der Waals surface area (Å²) in [6, 6.07) is 16.9. The highest BCUT2D eigenvalue weighted by Gasteiger charge is 2.30. The number of hydrogen-bond acceptors (Lipinski definition) is 6. The van der Waals surface area contributed by atoms with Gasteiger partial charge in [0, 0.05) is 25.2 Å². The molecule has 3 aromatic rings. The first-order valence-electron chi connectivity index (χ1n) is 9.68. The monoisotopic (exact) mass is 438 g/mol. The topological polar surface area (TPSA) is 115 Å². The van der Waals surface area contributed by atoms with Crippen LogP contribution in [0, 0.1) is 0 Å². The van der Waals surface area contributed by atoms with Crippen molar-refractivity contribution in [3.8, 4) is 5.75 Å². The van der Waals surface area contributed by atoms with Crippen LogP contribution < -0.4 is 15.8 Å². The average Bonchev–Trinajstić information content (AvgIpc) is 2.79. The third-order valence-electron chi connectivity index (χ3n) is 5.15. The van der Waals surface area contributed by atoms with E-state index < -0.39 is 15.9 Å². The van der Waals surface area contributed by atoms with Crippen LogP contribution in [0.1, 0.15) is 21.6 Å². The molecule has 0 unspecified atom stereocenters. The molecule has 1 aliphatic heterocycles. The van der Waals surface area contributed by atoms with E-state index in [-0.39, 0.29) is 22.8 Å². The summed E-state index contributed by atoms with van der Waals surface area (Å²) in [6.45, 7) is 0.415. The second kappa shape index (κ2) is 8.37. The number of methoxy groups -OCH3 is 1. The number of hydrogen-bond donors (Lipinski definition) is 2. The Hall–Kier alpha value is -3.43. The molecule has 0 aliphatic carbocycles. The van der Waals surface area contributed by atoms with E-state index in [0.29, 0.717) is 35.7 Å². The summed E-state index contributed by atoms with van der Waals surface area (Å²) in [4.78, 5) is 17.5. The standard InChI is InChI=1S/C22H22N4O4S/c1-30-20-10-6-5-9-19(20)25-22(27)17-13-15-14-26(12-11-18(15)24-21(17)23)31(28,29)16-7-3-2-4-8-16/h2-10,13H,11-12,14H2,1H3,(H2,23,24)(H,25,27). The van der Waals surface area contributed by atoms with Gasteiger partial charge in [0.05, 0.1) is 23.3 Å². The van der Waals surface area contributed by atoms with Crippen molar-refractivity contribution in [3.63, 3.8) is 0 Å². The van der Waals surface area contributed by atoms with Gasteiger partial charge in [0.2, 0.25) is 10.0 Å². The maximum Gasteiger partial charge on any atom is 0.259 e. The fraction of sp³-hybridized carbons (Fsp3) is 0.182. The lowest BCUT2D eigenvalue weighted by atomic mass is 10.0. The third-order valence-corrected chi connectivity index (χ3v) is 7.01. The largest absolute Gasteiger partial charge is 0.495 e. The van der Waals surface area contributed by atoms with Crippen LogP contribution in [0.4, 0.5) is 11.5 Å². The SMILES string of the molecule is COc1ccccc1NC(=O)c1cc2c(nc1N)CCN(S(=O)(=O)c1ccccc1)C2. The van der Waals surface area contributed by atoms with Crippen molar-refractivity contribution in [1.82, 2.24) is 9.29 Å². The molecule has 0 bridgehead atoms. The number of amides is 1. The molecule has 160 valence electrons. The average molecular weight is 439 g/mol.